The van der Waals surface area contributed by atoms with E-state index in [-0.39, 0.29) is 17.7 Å². The average Bonchev–Trinajstić information content (AvgIpc) is 2.76. The molecule has 1 aromatic heterocycles. The van der Waals surface area contributed by atoms with E-state index >= 15 is 0 Å². The van der Waals surface area contributed by atoms with Crippen molar-refractivity contribution in [3.05, 3.63) is 11.9 Å². The van der Waals surface area contributed by atoms with Gasteiger partial charge in [0.1, 0.15) is 5.69 Å². The summed E-state index contributed by atoms with van der Waals surface area (Å²) in [7, 11) is 0. The van der Waals surface area contributed by atoms with Crippen molar-refractivity contribution in [2.45, 2.75) is 32.4 Å². The number of Topliss-reactive ketones (excluding diaryl/α,β-unsaturated/α-hetero) is 1. The summed E-state index contributed by atoms with van der Waals surface area (Å²) in [5.41, 5.74) is 0.360. The zero-order valence-corrected chi connectivity index (χ0v) is 8.43. The van der Waals surface area contributed by atoms with E-state index in [1.165, 1.54) is 6.92 Å². The SMILES string of the molecule is CC(=O)c1cn(CC2CCC(=O)N2)nn1. The average molecular weight is 208 g/mol. The molecule has 1 atom stereocenters. The van der Waals surface area contributed by atoms with Gasteiger partial charge in [0, 0.05) is 19.4 Å². The molecule has 1 fully saturated rings. The van der Waals surface area contributed by atoms with Crippen LogP contribution in [0.25, 0.3) is 0 Å². The van der Waals surface area contributed by atoms with Gasteiger partial charge in [0.05, 0.1) is 12.7 Å². The van der Waals surface area contributed by atoms with E-state index in [2.05, 4.69) is 15.6 Å². The molecule has 0 aromatic carbocycles. The third kappa shape index (κ3) is 2.20. The normalized spacial score (nSPS) is 20.3. The van der Waals surface area contributed by atoms with Crippen LogP contribution in [0.4, 0.5) is 0 Å². The van der Waals surface area contributed by atoms with Crippen molar-refractivity contribution >= 4 is 11.7 Å². The van der Waals surface area contributed by atoms with Crippen molar-refractivity contribution in [2.24, 2.45) is 0 Å². The van der Waals surface area contributed by atoms with Crippen LogP contribution in [0.15, 0.2) is 6.20 Å². The molecule has 1 aromatic rings. The molecular weight excluding hydrogens is 196 g/mol. The molecule has 2 heterocycles. The first kappa shape index (κ1) is 9.82. The molecule has 2 rings (SSSR count). The highest BCUT2D eigenvalue weighted by Gasteiger charge is 2.21. The number of carbonyl (C=O) groups excluding carboxylic acids is 2. The summed E-state index contributed by atoms with van der Waals surface area (Å²) in [6.07, 6.45) is 2.99. The lowest BCUT2D eigenvalue weighted by atomic mass is 10.2. The van der Waals surface area contributed by atoms with Crippen LogP contribution >= 0.6 is 0 Å². The van der Waals surface area contributed by atoms with Crippen molar-refractivity contribution in [3.63, 3.8) is 0 Å². The first-order valence-electron chi connectivity index (χ1n) is 4.85. The molecule has 6 nitrogen and oxygen atoms in total. The molecule has 80 valence electrons. The van der Waals surface area contributed by atoms with Gasteiger partial charge < -0.3 is 5.32 Å². The predicted octanol–water partition coefficient (Wildman–Crippen LogP) is -0.241. The van der Waals surface area contributed by atoms with E-state index in [1.807, 2.05) is 0 Å². The Labute approximate surface area is 86.6 Å². The van der Waals surface area contributed by atoms with Crippen LogP contribution < -0.4 is 5.32 Å². The smallest absolute Gasteiger partial charge is 0.220 e. The fourth-order valence-corrected chi connectivity index (χ4v) is 1.59. The Balaban J connectivity index is 1.99. The zero-order chi connectivity index (χ0) is 10.8. The van der Waals surface area contributed by atoms with Gasteiger partial charge >= 0.3 is 0 Å². The van der Waals surface area contributed by atoms with Crippen LogP contribution in [0.2, 0.25) is 0 Å². The number of rotatable bonds is 3. The third-order valence-corrected chi connectivity index (χ3v) is 2.39. The van der Waals surface area contributed by atoms with E-state index in [0.29, 0.717) is 18.7 Å². The van der Waals surface area contributed by atoms with E-state index in [4.69, 9.17) is 0 Å². The Morgan fingerprint density at radius 3 is 3.07 bits per heavy atom. The van der Waals surface area contributed by atoms with Gasteiger partial charge in [0.2, 0.25) is 5.91 Å². The lowest BCUT2D eigenvalue weighted by Crippen LogP contribution is -2.29. The first-order valence-corrected chi connectivity index (χ1v) is 4.85. The van der Waals surface area contributed by atoms with Gasteiger partial charge in [-0.05, 0) is 6.42 Å². The lowest BCUT2D eigenvalue weighted by Gasteiger charge is -2.08. The molecule has 1 saturated heterocycles. The summed E-state index contributed by atoms with van der Waals surface area (Å²) >= 11 is 0. The standard InChI is InChI=1S/C9H12N4O2/c1-6(14)8-5-13(12-11-8)4-7-2-3-9(15)10-7/h5,7H,2-4H2,1H3,(H,10,15). The predicted molar refractivity (Wildman–Crippen MR) is 51.2 cm³/mol. The fraction of sp³-hybridized carbons (Fsp3) is 0.556. The van der Waals surface area contributed by atoms with Crippen molar-refractivity contribution in [2.75, 3.05) is 0 Å². The van der Waals surface area contributed by atoms with Gasteiger partial charge in [-0.15, -0.1) is 5.10 Å². The van der Waals surface area contributed by atoms with E-state index in [0.717, 1.165) is 6.42 Å². The second-order valence-corrected chi connectivity index (χ2v) is 3.69. The van der Waals surface area contributed by atoms with Gasteiger partial charge in [0.15, 0.2) is 5.78 Å². The molecule has 1 aliphatic rings. The summed E-state index contributed by atoms with van der Waals surface area (Å²) in [6, 6.07) is 0.110. The Bertz CT molecular complexity index is 399. The Morgan fingerprint density at radius 1 is 1.73 bits per heavy atom. The first-order chi connectivity index (χ1) is 7.15. The number of hydrogen-bond acceptors (Lipinski definition) is 4. The third-order valence-electron chi connectivity index (χ3n) is 2.39. The summed E-state index contributed by atoms with van der Waals surface area (Å²) in [5.74, 6) is -0.0244. The fourth-order valence-electron chi connectivity index (χ4n) is 1.59. The molecule has 1 aliphatic heterocycles. The minimum absolute atomic E-state index is 0.0758. The highest BCUT2D eigenvalue weighted by atomic mass is 16.2. The van der Waals surface area contributed by atoms with Crippen molar-refractivity contribution in [3.8, 4) is 0 Å². The quantitative estimate of drug-likeness (QED) is 0.695. The number of hydrogen-bond donors (Lipinski definition) is 1. The van der Waals surface area contributed by atoms with Crippen LogP contribution in [-0.2, 0) is 11.3 Å². The Kier molecular flexibility index (Phi) is 2.49. The molecule has 15 heavy (non-hydrogen) atoms. The molecule has 0 saturated carbocycles. The molecule has 0 aliphatic carbocycles. The Morgan fingerprint density at radius 2 is 2.53 bits per heavy atom. The minimum atomic E-state index is -0.100. The van der Waals surface area contributed by atoms with E-state index in [1.54, 1.807) is 10.9 Å². The van der Waals surface area contributed by atoms with Crippen LogP contribution in [0.3, 0.4) is 0 Å². The van der Waals surface area contributed by atoms with Gasteiger partial charge in [-0.1, -0.05) is 5.21 Å². The molecule has 1 N–H and O–H groups in total. The Hall–Kier alpha value is -1.72. The van der Waals surface area contributed by atoms with Gasteiger partial charge in [-0.2, -0.15) is 0 Å². The van der Waals surface area contributed by atoms with Crippen LogP contribution in [-0.4, -0.2) is 32.7 Å². The number of amides is 1. The van der Waals surface area contributed by atoms with Crippen molar-refractivity contribution < 1.29 is 9.59 Å². The minimum Gasteiger partial charge on any atom is -0.351 e. The second kappa shape index (κ2) is 3.80. The number of ketones is 1. The monoisotopic (exact) mass is 208 g/mol. The molecule has 0 spiro atoms. The van der Waals surface area contributed by atoms with Crippen molar-refractivity contribution in [1.29, 1.82) is 0 Å². The molecule has 1 amide bonds. The topological polar surface area (TPSA) is 76.9 Å². The van der Waals surface area contributed by atoms with Gasteiger partial charge in [-0.3, -0.25) is 9.59 Å². The van der Waals surface area contributed by atoms with Gasteiger partial charge in [-0.25, -0.2) is 4.68 Å². The molecule has 6 heteroatoms. The lowest BCUT2D eigenvalue weighted by molar-refractivity contribution is -0.119. The van der Waals surface area contributed by atoms with E-state index < -0.39 is 0 Å². The van der Waals surface area contributed by atoms with E-state index in [9.17, 15) is 9.59 Å². The molecule has 1 unspecified atom stereocenters. The highest BCUT2D eigenvalue weighted by Crippen LogP contribution is 2.08. The number of aromatic nitrogens is 3. The zero-order valence-electron chi connectivity index (χ0n) is 8.43. The van der Waals surface area contributed by atoms with Gasteiger partial charge in [0.25, 0.3) is 0 Å². The molecular formula is C9H12N4O2. The summed E-state index contributed by atoms with van der Waals surface area (Å²) < 4.78 is 1.59. The number of nitrogens with one attached hydrogen (secondary N) is 1. The van der Waals surface area contributed by atoms with Crippen molar-refractivity contribution in [1.82, 2.24) is 20.3 Å². The maximum atomic E-state index is 11.0. The summed E-state index contributed by atoms with van der Waals surface area (Å²) in [6.45, 7) is 2.03. The summed E-state index contributed by atoms with van der Waals surface area (Å²) in [4.78, 5) is 21.9. The number of nitrogens with zero attached hydrogens (tertiary/aromatic N) is 3. The molecule has 0 radical (unpaired) electrons. The molecule has 0 bridgehead atoms. The van der Waals surface area contributed by atoms with Crippen LogP contribution in [0.1, 0.15) is 30.3 Å². The second-order valence-electron chi connectivity index (χ2n) is 3.69. The maximum Gasteiger partial charge on any atom is 0.220 e. The summed E-state index contributed by atoms with van der Waals surface area (Å²) in [5, 5.41) is 10.4. The number of carbonyl (C=O) groups is 2. The van der Waals surface area contributed by atoms with Crippen LogP contribution in [0, 0.1) is 0 Å². The maximum absolute atomic E-state index is 11.0. The highest BCUT2D eigenvalue weighted by molar-refractivity contribution is 5.91. The largest absolute Gasteiger partial charge is 0.351 e. The van der Waals surface area contributed by atoms with Crippen LogP contribution in [0.5, 0.6) is 0 Å².